The molecule has 1 amide bonds. The molecule has 5 nitrogen and oxygen atoms in total. The highest BCUT2D eigenvalue weighted by molar-refractivity contribution is 5.92. The summed E-state index contributed by atoms with van der Waals surface area (Å²) in [6.45, 7) is 14.7. The average molecular weight is 393 g/mol. The first kappa shape index (κ1) is 21.0. The first-order valence-corrected chi connectivity index (χ1v) is 10.4. The Morgan fingerprint density at radius 2 is 1.79 bits per heavy atom. The number of fused-ring (bicyclic) bond motifs is 1. The Bertz CT molecular complexity index is 1060. The van der Waals surface area contributed by atoms with Crippen molar-refractivity contribution in [3.63, 3.8) is 0 Å². The van der Waals surface area contributed by atoms with Crippen LogP contribution in [0.4, 0.5) is 5.69 Å². The summed E-state index contributed by atoms with van der Waals surface area (Å²) in [7, 11) is 0. The Hall–Kier alpha value is -2.69. The molecule has 0 atom stereocenters. The normalized spacial score (nSPS) is 11.8. The van der Waals surface area contributed by atoms with E-state index < -0.39 is 0 Å². The lowest BCUT2D eigenvalue weighted by Gasteiger charge is -2.20. The van der Waals surface area contributed by atoms with Crippen LogP contribution in [0.3, 0.4) is 0 Å². The van der Waals surface area contributed by atoms with E-state index in [1.165, 1.54) is 5.56 Å². The fourth-order valence-electron chi connectivity index (χ4n) is 3.94. The SMILES string of the molecule is CCc1ccccc1NC(=O)CCc1c(C)nc2c(c(C)nn2C(C)(C)C)c1C. The average Bonchev–Trinajstić information content (AvgIpc) is 2.98. The second-order valence-electron chi connectivity index (χ2n) is 8.73. The number of rotatable bonds is 5. The van der Waals surface area contributed by atoms with Crippen molar-refractivity contribution in [3.05, 3.63) is 52.3 Å². The smallest absolute Gasteiger partial charge is 0.224 e. The first-order chi connectivity index (χ1) is 13.6. The van der Waals surface area contributed by atoms with Crippen LogP contribution in [0.15, 0.2) is 24.3 Å². The molecule has 0 unspecified atom stereocenters. The molecular formula is C24H32N4O. The second kappa shape index (κ2) is 7.97. The van der Waals surface area contributed by atoms with Crippen molar-refractivity contribution in [1.29, 1.82) is 0 Å². The van der Waals surface area contributed by atoms with Crippen LogP contribution >= 0.6 is 0 Å². The molecule has 0 radical (unpaired) electrons. The molecule has 0 spiro atoms. The van der Waals surface area contributed by atoms with Gasteiger partial charge >= 0.3 is 0 Å². The lowest BCUT2D eigenvalue weighted by molar-refractivity contribution is -0.116. The van der Waals surface area contributed by atoms with E-state index in [1.807, 2.05) is 36.7 Å². The minimum Gasteiger partial charge on any atom is -0.326 e. The quantitative estimate of drug-likeness (QED) is 0.645. The molecular weight excluding hydrogens is 360 g/mol. The van der Waals surface area contributed by atoms with E-state index in [9.17, 15) is 4.79 Å². The van der Waals surface area contributed by atoms with Crippen molar-refractivity contribution in [2.24, 2.45) is 0 Å². The molecule has 0 saturated carbocycles. The fraction of sp³-hybridized carbons (Fsp3) is 0.458. The first-order valence-electron chi connectivity index (χ1n) is 10.4. The van der Waals surface area contributed by atoms with Crippen molar-refractivity contribution in [3.8, 4) is 0 Å². The topological polar surface area (TPSA) is 59.8 Å². The highest BCUT2D eigenvalue weighted by atomic mass is 16.1. The summed E-state index contributed by atoms with van der Waals surface area (Å²) < 4.78 is 2.01. The third kappa shape index (κ3) is 4.19. The molecule has 0 aliphatic rings. The standard InChI is InChI=1S/C24H32N4O/c1-8-18-11-9-10-12-20(18)26-21(29)14-13-19-15(2)22-17(4)27-28(24(5,6)7)23(22)25-16(19)3/h9-12H,8,13-14H2,1-7H3,(H,26,29). The minimum absolute atomic E-state index is 0.0342. The maximum Gasteiger partial charge on any atom is 0.224 e. The van der Waals surface area contributed by atoms with Crippen LogP contribution in [0.1, 0.15) is 62.2 Å². The number of anilines is 1. The van der Waals surface area contributed by atoms with E-state index >= 15 is 0 Å². The third-order valence-electron chi connectivity index (χ3n) is 5.48. The number of hydrogen-bond donors (Lipinski definition) is 1. The largest absolute Gasteiger partial charge is 0.326 e. The van der Waals surface area contributed by atoms with Crippen LogP contribution in [-0.4, -0.2) is 20.7 Å². The van der Waals surface area contributed by atoms with Gasteiger partial charge in [0.05, 0.1) is 11.2 Å². The maximum absolute atomic E-state index is 12.6. The van der Waals surface area contributed by atoms with Gasteiger partial charge in [-0.1, -0.05) is 25.1 Å². The summed E-state index contributed by atoms with van der Waals surface area (Å²) in [6.07, 6.45) is 1.99. The summed E-state index contributed by atoms with van der Waals surface area (Å²) in [4.78, 5) is 17.5. The molecule has 0 aliphatic heterocycles. The number of benzene rings is 1. The Morgan fingerprint density at radius 3 is 2.45 bits per heavy atom. The summed E-state index contributed by atoms with van der Waals surface area (Å²) in [6, 6.07) is 7.97. The number of carbonyl (C=O) groups is 1. The molecule has 3 rings (SSSR count). The van der Waals surface area contributed by atoms with Crippen LogP contribution in [0.5, 0.6) is 0 Å². The van der Waals surface area contributed by atoms with Gasteiger partial charge in [-0.3, -0.25) is 4.79 Å². The van der Waals surface area contributed by atoms with Gasteiger partial charge in [0.25, 0.3) is 0 Å². The summed E-state index contributed by atoms with van der Waals surface area (Å²) in [5.74, 6) is 0.0342. The maximum atomic E-state index is 12.6. The number of amides is 1. The molecule has 3 aromatic rings. The molecule has 2 aromatic heterocycles. The van der Waals surface area contributed by atoms with Crippen molar-refractivity contribution in [1.82, 2.24) is 14.8 Å². The number of nitrogens with zero attached hydrogens (tertiary/aromatic N) is 3. The van der Waals surface area contributed by atoms with Gasteiger partial charge in [0.1, 0.15) is 0 Å². The van der Waals surface area contributed by atoms with Crippen molar-refractivity contribution in [2.45, 2.75) is 73.3 Å². The van der Waals surface area contributed by atoms with Gasteiger partial charge in [-0.25, -0.2) is 9.67 Å². The predicted octanol–water partition coefficient (Wildman–Crippen LogP) is 5.25. The van der Waals surface area contributed by atoms with Crippen LogP contribution in [-0.2, 0) is 23.2 Å². The molecule has 5 heteroatoms. The van der Waals surface area contributed by atoms with Crippen molar-refractivity contribution in [2.75, 3.05) is 5.32 Å². The molecule has 0 bridgehead atoms. The van der Waals surface area contributed by atoms with Crippen LogP contribution in [0.25, 0.3) is 11.0 Å². The Balaban J connectivity index is 1.85. The molecule has 0 saturated heterocycles. The van der Waals surface area contributed by atoms with Gasteiger partial charge in [0.15, 0.2) is 5.65 Å². The van der Waals surface area contributed by atoms with Gasteiger partial charge in [0, 0.05) is 23.2 Å². The van der Waals surface area contributed by atoms with Gasteiger partial charge in [-0.15, -0.1) is 0 Å². The zero-order chi connectivity index (χ0) is 21.3. The Kier molecular flexibility index (Phi) is 5.78. The Morgan fingerprint density at radius 1 is 1.10 bits per heavy atom. The monoisotopic (exact) mass is 392 g/mol. The number of nitrogens with one attached hydrogen (secondary N) is 1. The molecule has 1 N–H and O–H groups in total. The van der Waals surface area contributed by atoms with Crippen LogP contribution in [0, 0.1) is 20.8 Å². The van der Waals surface area contributed by atoms with E-state index in [1.54, 1.807) is 0 Å². The number of para-hydroxylation sites is 1. The highest BCUT2D eigenvalue weighted by Gasteiger charge is 2.23. The molecule has 2 heterocycles. The number of aryl methyl sites for hydroxylation is 4. The third-order valence-corrected chi connectivity index (χ3v) is 5.48. The number of hydrogen-bond acceptors (Lipinski definition) is 3. The second-order valence-corrected chi connectivity index (χ2v) is 8.73. The van der Waals surface area contributed by atoms with E-state index in [0.29, 0.717) is 12.8 Å². The number of aromatic nitrogens is 3. The fourth-order valence-corrected chi connectivity index (χ4v) is 3.94. The Labute approximate surface area is 173 Å². The van der Waals surface area contributed by atoms with E-state index in [0.717, 1.165) is 45.7 Å². The minimum atomic E-state index is -0.132. The van der Waals surface area contributed by atoms with Crippen LogP contribution in [0.2, 0.25) is 0 Å². The zero-order valence-electron chi connectivity index (χ0n) is 18.7. The summed E-state index contributed by atoms with van der Waals surface area (Å²) in [5, 5.41) is 8.93. The molecule has 0 aliphatic carbocycles. The van der Waals surface area contributed by atoms with Crippen LogP contribution < -0.4 is 5.32 Å². The molecule has 29 heavy (non-hydrogen) atoms. The van der Waals surface area contributed by atoms with Gasteiger partial charge in [-0.05, 0) is 77.1 Å². The molecule has 0 fully saturated rings. The zero-order valence-corrected chi connectivity index (χ0v) is 18.7. The van der Waals surface area contributed by atoms with E-state index in [2.05, 4.69) is 46.0 Å². The van der Waals surface area contributed by atoms with E-state index in [-0.39, 0.29) is 11.4 Å². The highest BCUT2D eigenvalue weighted by Crippen LogP contribution is 2.29. The van der Waals surface area contributed by atoms with Gasteiger partial charge in [0.2, 0.25) is 5.91 Å². The summed E-state index contributed by atoms with van der Waals surface area (Å²) >= 11 is 0. The predicted molar refractivity (Wildman–Crippen MR) is 120 cm³/mol. The van der Waals surface area contributed by atoms with Crippen molar-refractivity contribution < 1.29 is 4.79 Å². The molecule has 154 valence electrons. The van der Waals surface area contributed by atoms with E-state index in [4.69, 9.17) is 10.1 Å². The van der Waals surface area contributed by atoms with Gasteiger partial charge < -0.3 is 5.32 Å². The number of carbonyl (C=O) groups excluding carboxylic acids is 1. The van der Waals surface area contributed by atoms with Gasteiger partial charge in [-0.2, -0.15) is 5.10 Å². The lowest BCUT2D eigenvalue weighted by Crippen LogP contribution is -2.23. The number of pyridine rings is 1. The van der Waals surface area contributed by atoms with Crippen molar-refractivity contribution >= 4 is 22.6 Å². The molecule has 1 aromatic carbocycles. The summed E-state index contributed by atoms with van der Waals surface area (Å²) in [5.41, 5.74) is 7.15. The lowest BCUT2D eigenvalue weighted by atomic mass is 9.99.